The zero-order chi connectivity index (χ0) is 17.5. The topological polar surface area (TPSA) is 55.2 Å². The van der Waals surface area contributed by atoms with Gasteiger partial charge in [-0.1, -0.05) is 17.7 Å². The summed E-state index contributed by atoms with van der Waals surface area (Å²) in [4.78, 5) is 25.9. The molecule has 1 unspecified atom stereocenters. The van der Waals surface area contributed by atoms with Crippen LogP contribution < -0.4 is 4.90 Å². The third kappa shape index (κ3) is 2.80. The first-order valence-electron chi connectivity index (χ1n) is 7.30. The van der Waals surface area contributed by atoms with Gasteiger partial charge in [-0.15, -0.1) is 0 Å². The molecule has 7 heteroatoms. The van der Waals surface area contributed by atoms with Gasteiger partial charge in [0.25, 0.3) is 0 Å². The second kappa shape index (κ2) is 6.18. The van der Waals surface area contributed by atoms with Gasteiger partial charge >= 0.3 is 0 Å². The van der Waals surface area contributed by atoms with Crippen LogP contribution in [0.5, 0.6) is 0 Å². The van der Waals surface area contributed by atoms with E-state index in [1.807, 2.05) is 13.0 Å². The molecule has 0 radical (unpaired) electrons. The number of halogens is 2. The van der Waals surface area contributed by atoms with Crippen molar-refractivity contribution >= 4 is 51.6 Å². The van der Waals surface area contributed by atoms with Gasteiger partial charge in [-0.25, -0.2) is 4.68 Å². The average molecular weight is 409 g/mol. The molecule has 0 N–H and O–H groups in total. The van der Waals surface area contributed by atoms with E-state index < -0.39 is 5.41 Å². The number of rotatable bonds is 3. The smallest absolute Gasteiger partial charge is 0.236 e. The Bertz CT molecular complexity index is 862. The molecule has 1 aromatic carbocycles. The number of anilines is 1. The Labute approximate surface area is 153 Å². The van der Waals surface area contributed by atoms with Crippen molar-refractivity contribution in [2.75, 3.05) is 11.9 Å². The van der Waals surface area contributed by atoms with E-state index in [4.69, 9.17) is 11.6 Å². The first kappa shape index (κ1) is 16.9. The van der Waals surface area contributed by atoms with E-state index in [2.05, 4.69) is 21.0 Å². The van der Waals surface area contributed by atoms with E-state index in [0.717, 1.165) is 10.2 Å². The molecule has 2 aromatic rings. The lowest BCUT2D eigenvalue weighted by atomic mass is 9.82. The number of aldehydes is 1. The Balaban J connectivity index is 1.94. The molecule has 0 saturated carbocycles. The Morgan fingerprint density at radius 1 is 1.50 bits per heavy atom. The first-order chi connectivity index (χ1) is 11.4. The van der Waals surface area contributed by atoms with Gasteiger partial charge in [0.1, 0.15) is 0 Å². The second-order valence-corrected chi connectivity index (χ2v) is 7.27. The third-order valence-electron chi connectivity index (χ3n) is 4.24. The SMILES string of the molecule is CN(C(=O)C1(C)C=Cn2ncc(Br)c2C1)c1ccc(Cl)cc1C=O. The number of aromatic nitrogens is 2. The maximum atomic E-state index is 13.1. The lowest BCUT2D eigenvalue weighted by Crippen LogP contribution is -2.42. The molecule has 124 valence electrons. The van der Waals surface area contributed by atoms with Crippen LogP contribution in [0.3, 0.4) is 0 Å². The van der Waals surface area contributed by atoms with Crippen molar-refractivity contribution in [3.63, 3.8) is 0 Å². The van der Waals surface area contributed by atoms with Gasteiger partial charge in [-0.05, 0) is 41.1 Å². The van der Waals surface area contributed by atoms with Crippen LogP contribution in [-0.2, 0) is 11.2 Å². The summed E-state index contributed by atoms with van der Waals surface area (Å²) >= 11 is 9.39. The number of hydrogen-bond acceptors (Lipinski definition) is 3. The van der Waals surface area contributed by atoms with Gasteiger partial charge in [0.2, 0.25) is 5.91 Å². The van der Waals surface area contributed by atoms with Crippen molar-refractivity contribution in [2.24, 2.45) is 5.41 Å². The standard InChI is InChI=1S/C17H15BrClN3O2/c1-17(5-6-22-15(8-17)13(18)9-20-22)16(24)21(2)14-4-3-12(19)7-11(14)10-23/h3-7,9-10H,8H2,1-2H3. The van der Waals surface area contributed by atoms with Crippen LogP contribution in [0.2, 0.25) is 5.02 Å². The lowest BCUT2D eigenvalue weighted by Gasteiger charge is -2.33. The first-order valence-corrected chi connectivity index (χ1v) is 8.47. The van der Waals surface area contributed by atoms with Gasteiger partial charge in [-0.3, -0.25) is 9.59 Å². The molecule has 1 atom stereocenters. The summed E-state index contributed by atoms with van der Waals surface area (Å²) < 4.78 is 2.62. The summed E-state index contributed by atoms with van der Waals surface area (Å²) in [7, 11) is 1.67. The number of amides is 1. The monoisotopic (exact) mass is 407 g/mol. The molecule has 0 saturated heterocycles. The Morgan fingerprint density at radius 3 is 2.96 bits per heavy atom. The van der Waals surface area contributed by atoms with Crippen LogP contribution in [-0.4, -0.2) is 29.0 Å². The van der Waals surface area contributed by atoms with Crippen LogP contribution >= 0.6 is 27.5 Å². The van der Waals surface area contributed by atoms with Gasteiger partial charge in [-0.2, -0.15) is 5.10 Å². The van der Waals surface area contributed by atoms with Crippen LogP contribution in [0.25, 0.3) is 6.20 Å². The Morgan fingerprint density at radius 2 is 2.25 bits per heavy atom. The minimum atomic E-state index is -0.729. The highest BCUT2D eigenvalue weighted by molar-refractivity contribution is 9.10. The summed E-state index contributed by atoms with van der Waals surface area (Å²) in [5, 5.41) is 4.68. The quantitative estimate of drug-likeness (QED) is 0.726. The normalized spacial score (nSPS) is 19.0. The minimum Gasteiger partial charge on any atom is -0.314 e. The maximum Gasteiger partial charge on any atom is 0.236 e. The fraction of sp³-hybridized carbons (Fsp3) is 0.235. The minimum absolute atomic E-state index is 0.108. The van der Waals surface area contributed by atoms with E-state index in [0.29, 0.717) is 29.0 Å². The highest BCUT2D eigenvalue weighted by Gasteiger charge is 2.38. The van der Waals surface area contributed by atoms with E-state index in [1.54, 1.807) is 42.3 Å². The second-order valence-electron chi connectivity index (χ2n) is 5.98. The Kier molecular flexibility index (Phi) is 4.36. The maximum absolute atomic E-state index is 13.1. The van der Waals surface area contributed by atoms with Crippen LogP contribution in [0, 0.1) is 5.41 Å². The zero-order valence-electron chi connectivity index (χ0n) is 13.2. The van der Waals surface area contributed by atoms with Crippen molar-refractivity contribution in [2.45, 2.75) is 13.3 Å². The van der Waals surface area contributed by atoms with Crippen LogP contribution in [0.1, 0.15) is 23.0 Å². The van der Waals surface area contributed by atoms with Crippen molar-refractivity contribution < 1.29 is 9.59 Å². The molecule has 3 rings (SSSR count). The van der Waals surface area contributed by atoms with E-state index in [9.17, 15) is 9.59 Å². The molecule has 0 aliphatic carbocycles. The summed E-state index contributed by atoms with van der Waals surface area (Å²) in [5.41, 5.74) is 1.13. The number of benzene rings is 1. The van der Waals surface area contributed by atoms with Crippen molar-refractivity contribution in [3.8, 4) is 0 Å². The number of carbonyl (C=O) groups excluding carboxylic acids is 2. The molecule has 1 aliphatic heterocycles. The van der Waals surface area contributed by atoms with Crippen molar-refractivity contribution in [1.82, 2.24) is 9.78 Å². The molecule has 24 heavy (non-hydrogen) atoms. The third-order valence-corrected chi connectivity index (χ3v) is 5.13. The Hall–Kier alpha value is -1.92. The number of fused-ring (bicyclic) bond motifs is 1. The molecule has 0 spiro atoms. The summed E-state index contributed by atoms with van der Waals surface area (Å²) in [6, 6.07) is 4.90. The van der Waals surface area contributed by atoms with E-state index >= 15 is 0 Å². The van der Waals surface area contributed by atoms with E-state index in [-0.39, 0.29) is 5.91 Å². The van der Waals surface area contributed by atoms with E-state index in [1.165, 1.54) is 4.90 Å². The molecule has 0 bridgehead atoms. The molecule has 5 nitrogen and oxygen atoms in total. The molecule has 0 fully saturated rings. The number of carbonyl (C=O) groups is 2. The predicted molar refractivity (Wildman–Crippen MR) is 97.3 cm³/mol. The lowest BCUT2D eigenvalue weighted by molar-refractivity contribution is -0.124. The zero-order valence-corrected chi connectivity index (χ0v) is 15.5. The summed E-state index contributed by atoms with van der Waals surface area (Å²) in [6.45, 7) is 1.88. The predicted octanol–water partition coefficient (Wildman–Crippen LogP) is 3.81. The van der Waals surface area contributed by atoms with Gasteiger partial charge in [0, 0.05) is 30.3 Å². The highest BCUT2D eigenvalue weighted by Crippen LogP contribution is 2.35. The molecule has 2 heterocycles. The van der Waals surface area contributed by atoms with Gasteiger partial charge in [0.05, 0.1) is 27.5 Å². The summed E-state index contributed by atoms with van der Waals surface area (Å²) in [5.74, 6) is -0.108. The van der Waals surface area contributed by atoms with Crippen molar-refractivity contribution in [1.29, 1.82) is 0 Å². The molecule has 1 aliphatic rings. The number of hydrogen-bond donors (Lipinski definition) is 0. The number of nitrogens with zero attached hydrogens (tertiary/aromatic N) is 3. The van der Waals surface area contributed by atoms with Gasteiger partial charge in [0.15, 0.2) is 6.29 Å². The average Bonchev–Trinajstić information content (AvgIpc) is 2.93. The molecule has 1 amide bonds. The highest BCUT2D eigenvalue weighted by atomic mass is 79.9. The largest absolute Gasteiger partial charge is 0.314 e. The van der Waals surface area contributed by atoms with Crippen molar-refractivity contribution in [3.05, 3.63) is 51.2 Å². The van der Waals surface area contributed by atoms with Gasteiger partial charge < -0.3 is 4.90 Å². The summed E-state index contributed by atoms with van der Waals surface area (Å²) in [6.07, 6.45) is 6.56. The fourth-order valence-corrected chi connectivity index (χ4v) is 3.46. The van der Waals surface area contributed by atoms with Crippen LogP contribution in [0.15, 0.2) is 34.9 Å². The molecular weight excluding hydrogens is 394 g/mol. The molecule has 1 aromatic heterocycles. The molecular formula is C17H15BrClN3O2. The fourth-order valence-electron chi connectivity index (χ4n) is 2.87. The van der Waals surface area contributed by atoms with Crippen LogP contribution in [0.4, 0.5) is 5.69 Å².